The van der Waals surface area contributed by atoms with Crippen molar-refractivity contribution in [2.45, 2.75) is 32.0 Å². The Kier molecular flexibility index (Phi) is 5.62. The molecule has 1 atom stereocenters. The van der Waals surface area contributed by atoms with Crippen LogP contribution in [-0.2, 0) is 4.74 Å². The van der Waals surface area contributed by atoms with Crippen molar-refractivity contribution in [1.29, 1.82) is 0 Å². The Bertz CT molecular complexity index is 901. The average molecular weight is 406 g/mol. The van der Waals surface area contributed by atoms with Crippen molar-refractivity contribution >= 4 is 11.6 Å². The Morgan fingerprint density at radius 1 is 1.17 bits per heavy atom. The number of carbonyl (C=O) groups excluding carboxylic acids is 1. The molecule has 0 spiro atoms. The molecule has 1 saturated heterocycles. The number of carbonyl (C=O) groups is 1. The molecule has 8 heteroatoms. The summed E-state index contributed by atoms with van der Waals surface area (Å²) in [7, 11) is 0. The minimum Gasteiger partial charge on any atom is -0.435 e. The van der Waals surface area contributed by atoms with E-state index in [1.807, 2.05) is 0 Å². The molecule has 1 fully saturated rings. The maximum atomic E-state index is 13.8. The van der Waals surface area contributed by atoms with Gasteiger partial charge in [0.05, 0.1) is 18.3 Å². The molecule has 1 amide bonds. The minimum atomic E-state index is -3.04. The summed E-state index contributed by atoms with van der Waals surface area (Å²) < 4.78 is 48.8. The molecule has 2 aromatic rings. The zero-order valence-corrected chi connectivity index (χ0v) is 15.7. The molecule has 2 aliphatic heterocycles. The maximum absolute atomic E-state index is 13.8. The number of benzene rings is 2. The van der Waals surface area contributed by atoms with Crippen LogP contribution in [0, 0.1) is 5.82 Å². The lowest BCUT2D eigenvalue weighted by Gasteiger charge is -2.34. The molecule has 4 rings (SSSR count). The second-order valence-electron chi connectivity index (χ2n) is 7.17. The van der Waals surface area contributed by atoms with Crippen LogP contribution in [0.2, 0.25) is 0 Å². The number of nitrogens with one attached hydrogen (secondary N) is 1. The fraction of sp³-hybridized carbons (Fsp3) is 0.381. The van der Waals surface area contributed by atoms with Crippen LogP contribution >= 0.6 is 0 Å². The lowest BCUT2D eigenvalue weighted by Crippen LogP contribution is -2.45. The highest BCUT2D eigenvalue weighted by atomic mass is 19.3. The monoisotopic (exact) mass is 406 g/mol. The van der Waals surface area contributed by atoms with Gasteiger partial charge in [-0.15, -0.1) is 0 Å². The maximum Gasteiger partial charge on any atom is 0.387 e. The zero-order chi connectivity index (χ0) is 20.4. The first-order valence-corrected chi connectivity index (χ1v) is 9.54. The quantitative estimate of drug-likeness (QED) is 0.795. The first-order chi connectivity index (χ1) is 14.0. The van der Waals surface area contributed by atoms with Gasteiger partial charge in [-0.1, -0.05) is 6.07 Å². The molecule has 0 radical (unpaired) electrons. The van der Waals surface area contributed by atoms with Crippen molar-refractivity contribution in [3.8, 4) is 16.9 Å². The highest BCUT2D eigenvalue weighted by Crippen LogP contribution is 2.32. The molecular weight excluding hydrogens is 385 g/mol. The van der Waals surface area contributed by atoms with Gasteiger partial charge >= 0.3 is 6.61 Å². The number of rotatable bonds is 5. The molecule has 154 valence electrons. The number of hydrogen-bond donors (Lipinski definition) is 1. The molecule has 0 bridgehead atoms. The van der Waals surface area contributed by atoms with Gasteiger partial charge in [0.1, 0.15) is 11.6 Å². The standard InChI is InChI=1S/C21H21F3N2O3/c22-15-7-14(8-17(10-15)29-21(23)24)13-4-5-18-19(9-13)25-12-26(20(18)27)11-16-3-1-2-6-28-16/h4-5,7-10,16,21,25H,1-3,6,11-12H2. The number of fused-ring (bicyclic) bond motifs is 1. The third-order valence-corrected chi connectivity index (χ3v) is 5.13. The van der Waals surface area contributed by atoms with Crippen LogP contribution in [0.4, 0.5) is 18.9 Å². The number of anilines is 1. The summed E-state index contributed by atoms with van der Waals surface area (Å²) in [4.78, 5) is 14.6. The van der Waals surface area contributed by atoms with E-state index in [1.54, 1.807) is 23.1 Å². The Balaban J connectivity index is 1.54. The van der Waals surface area contributed by atoms with E-state index in [0.29, 0.717) is 35.6 Å². The Labute approximate surface area is 166 Å². The predicted octanol–water partition coefficient (Wildman–Crippen LogP) is 4.49. The highest BCUT2D eigenvalue weighted by Gasteiger charge is 2.27. The van der Waals surface area contributed by atoms with Gasteiger partial charge in [-0.2, -0.15) is 8.78 Å². The predicted molar refractivity (Wildman–Crippen MR) is 102 cm³/mol. The van der Waals surface area contributed by atoms with E-state index in [1.165, 1.54) is 12.1 Å². The van der Waals surface area contributed by atoms with Crippen molar-refractivity contribution in [2.75, 3.05) is 25.1 Å². The normalized spacial score (nSPS) is 19.1. The largest absolute Gasteiger partial charge is 0.435 e. The molecule has 0 saturated carbocycles. The number of alkyl halides is 2. The average Bonchev–Trinajstić information content (AvgIpc) is 2.70. The second-order valence-corrected chi connectivity index (χ2v) is 7.17. The van der Waals surface area contributed by atoms with E-state index in [0.717, 1.165) is 31.9 Å². The SMILES string of the molecule is O=C1c2ccc(-c3cc(F)cc(OC(F)F)c3)cc2NCN1CC1CCCCO1. The molecular formula is C21H21F3N2O3. The summed E-state index contributed by atoms with van der Waals surface area (Å²) in [5.74, 6) is -1.03. The van der Waals surface area contributed by atoms with E-state index in [9.17, 15) is 18.0 Å². The fourth-order valence-electron chi connectivity index (χ4n) is 3.72. The zero-order valence-electron chi connectivity index (χ0n) is 15.7. The van der Waals surface area contributed by atoms with E-state index in [4.69, 9.17) is 4.74 Å². The number of hydrogen-bond acceptors (Lipinski definition) is 4. The van der Waals surface area contributed by atoms with Crippen LogP contribution in [0.15, 0.2) is 36.4 Å². The van der Waals surface area contributed by atoms with Gasteiger partial charge < -0.3 is 19.7 Å². The van der Waals surface area contributed by atoms with Gasteiger partial charge in [0.15, 0.2) is 0 Å². The van der Waals surface area contributed by atoms with Gasteiger partial charge in [-0.05, 0) is 54.7 Å². The lowest BCUT2D eigenvalue weighted by molar-refractivity contribution is -0.0499. The number of nitrogens with zero attached hydrogens (tertiary/aromatic N) is 1. The van der Waals surface area contributed by atoms with Gasteiger partial charge in [0.25, 0.3) is 5.91 Å². The Morgan fingerprint density at radius 3 is 2.79 bits per heavy atom. The molecule has 0 aromatic heterocycles. The lowest BCUT2D eigenvalue weighted by atomic mass is 10.00. The third kappa shape index (κ3) is 4.48. The van der Waals surface area contributed by atoms with Gasteiger partial charge in [-0.3, -0.25) is 4.79 Å². The topological polar surface area (TPSA) is 50.8 Å². The summed E-state index contributed by atoms with van der Waals surface area (Å²) in [5.41, 5.74) is 2.10. The third-order valence-electron chi connectivity index (χ3n) is 5.13. The van der Waals surface area contributed by atoms with E-state index >= 15 is 0 Å². The van der Waals surface area contributed by atoms with E-state index in [2.05, 4.69) is 10.1 Å². The van der Waals surface area contributed by atoms with Crippen LogP contribution in [0.5, 0.6) is 5.75 Å². The van der Waals surface area contributed by atoms with Gasteiger partial charge in [0, 0.05) is 24.9 Å². The van der Waals surface area contributed by atoms with Crippen LogP contribution in [-0.4, -0.2) is 43.3 Å². The van der Waals surface area contributed by atoms with E-state index < -0.39 is 12.4 Å². The van der Waals surface area contributed by atoms with Crippen LogP contribution < -0.4 is 10.1 Å². The Morgan fingerprint density at radius 2 is 2.03 bits per heavy atom. The molecule has 29 heavy (non-hydrogen) atoms. The fourth-order valence-corrected chi connectivity index (χ4v) is 3.72. The first-order valence-electron chi connectivity index (χ1n) is 9.54. The second kappa shape index (κ2) is 8.32. The number of halogens is 3. The number of ether oxygens (including phenoxy) is 2. The minimum absolute atomic E-state index is 0.0517. The smallest absolute Gasteiger partial charge is 0.387 e. The summed E-state index contributed by atoms with van der Waals surface area (Å²) in [5, 5.41) is 3.21. The van der Waals surface area contributed by atoms with Crippen molar-refractivity contribution in [3.63, 3.8) is 0 Å². The molecule has 2 heterocycles. The molecule has 5 nitrogen and oxygen atoms in total. The molecule has 2 aromatic carbocycles. The van der Waals surface area contributed by atoms with Crippen molar-refractivity contribution < 1.29 is 27.4 Å². The summed E-state index contributed by atoms with van der Waals surface area (Å²) in [6, 6.07) is 8.52. The van der Waals surface area contributed by atoms with Crippen LogP contribution in [0.25, 0.3) is 11.1 Å². The summed E-state index contributed by atoms with van der Waals surface area (Å²) in [6.45, 7) is -1.43. The van der Waals surface area contributed by atoms with Crippen LogP contribution in [0.1, 0.15) is 29.6 Å². The van der Waals surface area contributed by atoms with E-state index in [-0.39, 0.29) is 17.8 Å². The Hall–Kier alpha value is -2.74. The summed E-state index contributed by atoms with van der Waals surface area (Å²) in [6.07, 6.45) is 3.15. The summed E-state index contributed by atoms with van der Waals surface area (Å²) >= 11 is 0. The molecule has 1 N–H and O–H groups in total. The molecule has 0 aliphatic carbocycles. The highest BCUT2D eigenvalue weighted by molar-refractivity contribution is 6.02. The van der Waals surface area contributed by atoms with Crippen molar-refractivity contribution in [3.05, 3.63) is 47.8 Å². The molecule has 1 unspecified atom stereocenters. The van der Waals surface area contributed by atoms with Crippen LogP contribution in [0.3, 0.4) is 0 Å². The van der Waals surface area contributed by atoms with Gasteiger partial charge in [-0.25, -0.2) is 4.39 Å². The van der Waals surface area contributed by atoms with Crippen molar-refractivity contribution in [1.82, 2.24) is 4.90 Å². The first kappa shape index (κ1) is 19.6. The van der Waals surface area contributed by atoms with Gasteiger partial charge in [0.2, 0.25) is 0 Å². The van der Waals surface area contributed by atoms with Crippen molar-refractivity contribution in [2.24, 2.45) is 0 Å². The molecule has 2 aliphatic rings. The number of amides is 1.